The Hall–Kier alpha value is -1.42. The van der Waals surface area contributed by atoms with Crippen LogP contribution in [0.2, 0.25) is 0 Å². The third kappa shape index (κ3) is 3.98. The number of halogens is 1. The molecule has 0 fully saturated rings. The summed E-state index contributed by atoms with van der Waals surface area (Å²) in [5.41, 5.74) is 6.27. The van der Waals surface area contributed by atoms with Gasteiger partial charge in [-0.1, -0.05) is 13.8 Å². The molecule has 3 nitrogen and oxygen atoms in total. The van der Waals surface area contributed by atoms with Crippen molar-refractivity contribution in [2.75, 3.05) is 5.32 Å². The minimum absolute atomic E-state index is 0.236. The van der Waals surface area contributed by atoms with Gasteiger partial charge in [-0.2, -0.15) is 0 Å². The van der Waals surface area contributed by atoms with Crippen molar-refractivity contribution in [2.24, 2.45) is 11.7 Å². The van der Waals surface area contributed by atoms with Gasteiger partial charge in [-0.3, -0.25) is 4.79 Å². The van der Waals surface area contributed by atoms with Crippen molar-refractivity contribution in [3.8, 4) is 0 Å². The lowest BCUT2D eigenvalue weighted by molar-refractivity contribution is -0.117. The molecule has 1 rings (SSSR count). The molecule has 16 heavy (non-hydrogen) atoms. The van der Waals surface area contributed by atoms with E-state index in [2.05, 4.69) is 5.32 Å². The molecule has 1 aromatic rings. The van der Waals surface area contributed by atoms with E-state index >= 15 is 0 Å². The van der Waals surface area contributed by atoms with Gasteiger partial charge in [0.25, 0.3) is 0 Å². The molecule has 1 aromatic carbocycles. The van der Waals surface area contributed by atoms with Crippen LogP contribution in [-0.4, -0.2) is 11.9 Å². The summed E-state index contributed by atoms with van der Waals surface area (Å²) in [6, 6.07) is 5.09. The number of nitrogens with one attached hydrogen (secondary N) is 1. The molecule has 0 heterocycles. The molecule has 0 unspecified atom stereocenters. The number of nitrogens with two attached hydrogens (primary N) is 1. The monoisotopic (exact) mass is 224 g/mol. The molecule has 0 spiro atoms. The zero-order valence-corrected chi connectivity index (χ0v) is 9.53. The molecule has 1 atom stereocenters. The predicted molar refractivity (Wildman–Crippen MR) is 62.5 cm³/mol. The molecule has 0 aromatic heterocycles. The highest BCUT2D eigenvalue weighted by Crippen LogP contribution is 2.10. The number of hydrogen-bond donors (Lipinski definition) is 2. The fourth-order valence-electron chi connectivity index (χ4n) is 1.38. The maximum atomic E-state index is 12.6. The molecule has 0 aliphatic heterocycles. The Labute approximate surface area is 94.8 Å². The van der Waals surface area contributed by atoms with Crippen LogP contribution in [0.4, 0.5) is 10.1 Å². The normalized spacial score (nSPS) is 12.6. The highest BCUT2D eigenvalue weighted by atomic mass is 19.1. The summed E-state index contributed by atoms with van der Waals surface area (Å²) in [6.07, 6.45) is 0.632. The van der Waals surface area contributed by atoms with Crippen LogP contribution < -0.4 is 11.1 Å². The third-order valence-corrected chi connectivity index (χ3v) is 2.17. The van der Waals surface area contributed by atoms with Crippen LogP contribution in [0.25, 0.3) is 0 Å². The first-order valence-electron chi connectivity index (χ1n) is 5.31. The molecule has 88 valence electrons. The number of anilines is 1. The first-order valence-corrected chi connectivity index (χ1v) is 5.31. The first-order chi connectivity index (χ1) is 7.49. The zero-order valence-electron chi connectivity index (χ0n) is 9.53. The van der Waals surface area contributed by atoms with E-state index in [1.807, 2.05) is 13.8 Å². The van der Waals surface area contributed by atoms with E-state index in [1.54, 1.807) is 0 Å². The maximum absolute atomic E-state index is 12.6. The molecular formula is C12H17FN2O. The summed E-state index contributed by atoms with van der Waals surface area (Å²) in [6.45, 7) is 4.01. The van der Waals surface area contributed by atoms with Gasteiger partial charge in [0.05, 0.1) is 6.04 Å². The summed E-state index contributed by atoms with van der Waals surface area (Å²) >= 11 is 0. The standard InChI is InChI=1S/C12H17FN2O/c1-8(2)7-11(14)12(16)15-10-5-3-9(13)4-6-10/h3-6,8,11H,7,14H2,1-2H3,(H,15,16)/t11-/m1/s1. The Morgan fingerprint density at radius 2 is 1.94 bits per heavy atom. The second kappa shape index (κ2) is 5.61. The summed E-state index contributed by atoms with van der Waals surface area (Å²) in [7, 11) is 0. The maximum Gasteiger partial charge on any atom is 0.241 e. The fraction of sp³-hybridized carbons (Fsp3) is 0.417. The second-order valence-electron chi connectivity index (χ2n) is 4.23. The SMILES string of the molecule is CC(C)C[C@@H](N)C(=O)Nc1ccc(F)cc1. The smallest absolute Gasteiger partial charge is 0.241 e. The van der Waals surface area contributed by atoms with Gasteiger partial charge < -0.3 is 11.1 Å². The van der Waals surface area contributed by atoms with Crippen LogP contribution in [0.1, 0.15) is 20.3 Å². The lowest BCUT2D eigenvalue weighted by atomic mass is 10.0. The molecule has 1 amide bonds. The number of hydrogen-bond acceptors (Lipinski definition) is 2. The van der Waals surface area contributed by atoms with E-state index in [0.29, 0.717) is 18.0 Å². The van der Waals surface area contributed by atoms with Gasteiger partial charge in [0, 0.05) is 5.69 Å². The summed E-state index contributed by atoms with van der Waals surface area (Å²) in [5, 5.41) is 2.64. The average molecular weight is 224 g/mol. The molecule has 0 aliphatic carbocycles. The lowest BCUT2D eigenvalue weighted by Gasteiger charge is -2.14. The van der Waals surface area contributed by atoms with Crippen LogP contribution in [0.5, 0.6) is 0 Å². The van der Waals surface area contributed by atoms with Gasteiger partial charge in [-0.25, -0.2) is 4.39 Å². The number of benzene rings is 1. The van der Waals surface area contributed by atoms with Crippen molar-refractivity contribution < 1.29 is 9.18 Å². The second-order valence-corrected chi connectivity index (χ2v) is 4.23. The Morgan fingerprint density at radius 1 is 1.38 bits per heavy atom. The van der Waals surface area contributed by atoms with Crippen molar-refractivity contribution in [2.45, 2.75) is 26.3 Å². The van der Waals surface area contributed by atoms with Gasteiger partial charge in [-0.15, -0.1) is 0 Å². The Bertz CT molecular complexity index is 349. The first kappa shape index (κ1) is 12.6. The van der Waals surface area contributed by atoms with E-state index in [4.69, 9.17) is 5.73 Å². The van der Waals surface area contributed by atoms with Crippen LogP contribution in [-0.2, 0) is 4.79 Å². The molecule has 0 saturated carbocycles. The van der Waals surface area contributed by atoms with Gasteiger partial charge in [0.2, 0.25) is 5.91 Å². The van der Waals surface area contributed by atoms with Crippen LogP contribution in [0.3, 0.4) is 0 Å². The minimum atomic E-state index is -0.523. The number of carbonyl (C=O) groups is 1. The molecule has 0 saturated heterocycles. The molecule has 0 radical (unpaired) electrons. The van der Waals surface area contributed by atoms with E-state index in [-0.39, 0.29) is 11.7 Å². The Balaban J connectivity index is 2.54. The molecular weight excluding hydrogens is 207 g/mol. The minimum Gasteiger partial charge on any atom is -0.325 e. The molecule has 0 bridgehead atoms. The van der Waals surface area contributed by atoms with E-state index in [0.717, 1.165) is 0 Å². The van der Waals surface area contributed by atoms with Crippen LogP contribution >= 0.6 is 0 Å². The Kier molecular flexibility index (Phi) is 4.43. The van der Waals surface area contributed by atoms with E-state index in [9.17, 15) is 9.18 Å². The van der Waals surface area contributed by atoms with Crippen molar-refractivity contribution in [3.05, 3.63) is 30.1 Å². The van der Waals surface area contributed by atoms with Gasteiger partial charge >= 0.3 is 0 Å². The van der Waals surface area contributed by atoms with Crippen LogP contribution in [0.15, 0.2) is 24.3 Å². The van der Waals surface area contributed by atoms with Crippen molar-refractivity contribution in [1.82, 2.24) is 0 Å². The molecule has 3 N–H and O–H groups in total. The summed E-state index contributed by atoms with van der Waals surface area (Å²) in [5.74, 6) is -0.196. The fourth-order valence-corrected chi connectivity index (χ4v) is 1.38. The Morgan fingerprint density at radius 3 is 2.44 bits per heavy atom. The number of rotatable bonds is 4. The topological polar surface area (TPSA) is 55.1 Å². The highest BCUT2D eigenvalue weighted by molar-refractivity contribution is 5.94. The lowest BCUT2D eigenvalue weighted by Crippen LogP contribution is -2.36. The van der Waals surface area contributed by atoms with Gasteiger partial charge in [0.15, 0.2) is 0 Å². The quantitative estimate of drug-likeness (QED) is 0.823. The van der Waals surface area contributed by atoms with E-state index < -0.39 is 6.04 Å². The zero-order chi connectivity index (χ0) is 12.1. The molecule has 0 aliphatic rings. The van der Waals surface area contributed by atoms with Crippen molar-refractivity contribution in [1.29, 1.82) is 0 Å². The summed E-state index contributed by atoms with van der Waals surface area (Å²) in [4.78, 5) is 11.6. The van der Waals surface area contributed by atoms with Crippen molar-refractivity contribution >= 4 is 11.6 Å². The van der Waals surface area contributed by atoms with Crippen LogP contribution in [0, 0.1) is 11.7 Å². The van der Waals surface area contributed by atoms with Crippen molar-refractivity contribution in [3.63, 3.8) is 0 Å². The predicted octanol–water partition coefficient (Wildman–Crippen LogP) is 2.14. The highest BCUT2D eigenvalue weighted by Gasteiger charge is 2.14. The van der Waals surface area contributed by atoms with Gasteiger partial charge in [-0.05, 0) is 36.6 Å². The third-order valence-electron chi connectivity index (χ3n) is 2.17. The summed E-state index contributed by atoms with van der Waals surface area (Å²) < 4.78 is 12.6. The van der Waals surface area contributed by atoms with E-state index in [1.165, 1.54) is 24.3 Å². The average Bonchev–Trinajstić information content (AvgIpc) is 2.20. The number of carbonyl (C=O) groups excluding carboxylic acids is 1. The van der Waals surface area contributed by atoms with Gasteiger partial charge in [0.1, 0.15) is 5.82 Å². The molecule has 4 heteroatoms. The number of amides is 1. The largest absolute Gasteiger partial charge is 0.325 e.